The van der Waals surface area contributed by atoms with Gasteiger partial charge in [0.2, 0.25) is 0 Å². The number of methoxy groups -OCH3 is 1. The van der Waals surface area contributed by atoms with Crippen molar-refractivity contribution in [2.24, 2.45) is 0 Å². The maximum absolute atomic E-state index is 13.1. The molecule has 0 spiro atoms. The van der Waals surface area contributed by atoms with Gasteiger partial charge in [0.05, 0.1) is 25.0 Å². The van der Waals surface area contributed by atoms with Crippen LogP contribution in [0.5, 0.6) is 5.75 Å². The molecule has 146 valence electrons. The summed E-state index contributed by atoms with van der Waals surface area (Å²) in [5.74, 6) is 1.87. The quantitative estimate of drug-likeness (QED) is 0.545. The van der Waals surface area contributed by atoms with E-state index in [9.17, 15) is 4.79 Å². The highest BCUT2D eigenvalue weighted by Crippen LogP contribution is 2.34. The predicted octanol–water partition coefficient (Wildman–Crippen LogP) is 4.81. The van der Waals surface area contributed by atoms with Gasteiger partial charge in [0, 0.05) is 17.5 Å². The molecular weight excluding hydrogens is 366 g/mol. The normalized spacial score (nSPS) is 16.4. The Balaban J connectivity index is 1.42. The molecule has 1 atom stereocenters. The van der Waals surface area contributed by atoms with Gasteiger partial charge in [-0.2, -0.15) is 0 Å². The number of rotatable bonds is 4. The smallest absolute Gasteiger partial charge is 0.290 e. The van der Waals surface area contributed by atoms with Crippen molar-refractivity contribution in [3.63, 3.8) is 0 Å². The standard InChI is InChI=1S/C23H21N3O3/c1-28-17-8-4-7-15(12-17)18-14-24-22(25-18)19-9-5-11-26(19)23(27)21-13-16-6-2-3-10-20(16)29-21/h2-4,6-8,10,12-14,19H,5,9,11H2,1H3,(H,24,25). The average molecular weight is 387 g/mol. The van der Waals surface area contributed by atoms with Crippen molar-refractivity contribution >= 4 is 16.9 Å². The Morgan fingerprint density at radius 1 is 1.21 bits per heavy atom. The second-order valence-electron chi connectivity index (χ2n) is 7.22. The maximum atomic E-state index is 13.1. The van der Waals surface area contributed by atoms with Crippen molar-refractivity contribution in [3.8, 4) is 17.0 Å². The van der Waals surface area contributed by atoms with Gasteiger partial charge in [-0.05, 0) is 37.1 Å². The summed E-state index contributed by atoms with van der Waals surface area (Å²) in [5.41, 5.74) is 2.63. The lowest BCUT2D eigenvalue weighted by molar-refractivity contribution is 0.0700. The van der Waals surface area contributed by atoms with Crippen LogP contribution in [-0.4, -0.2) is 34.4 Å². The molecule has 0 bridgehead atoms. The van der Waals surface area contributed by atoms with Crippen LogP contribution >= 0.6 is 0 Å². The molecule has 0 saturated carbocycles. The van der Waals surface area contributed by atoms with Gasteiger partial charge in [-0.1, -0.05) is 30.3 Å². The molecule has 6 nitrogen and oxygen atoms in total. The van der Waals surface area contributed by atoms with Crippen LogP contribution in [0.2, 0.25) is 0 Å². The van der Waals surface area contributed by atoms with Gasteiger partial charge in [0.1, 0.15) is 17.2 Å². The maximum Gasteiger partial charge on any atom is 0.290 e. The van der Waals surface area contributed by atoms with Crippen LogP contribution in [0.15, 0.2) is 65.2 Å². The Kier molecular flexibility index (Phi) is 4.31. The van der Waals surface area contributed by atoms with E-state index in [1.54, 1.807) is 7.11 Å². The molecule has 1 saturated heterocycles. The number of hydrogen-bond donors (Lipinski definition) is 1. The second kappa shape index (κ2) is 7.13. The lowest BCUT2D eigenvalue weighted by Crippen LogP contribution is -2.30. The minimum absolute atomic E-state index is 0.0879. The third-order valence-electron chi connectivity index (χ3n) is 5.44. The number of aromatic amines is 1. The molecule has 1 unspecified atom stereocenters. The molecule has 29 heavy (non-hydrogen) atoms. The third kappa shape index (κ3) is 3.16. The summed E-state index contributed by atoms with van der Waals surface area (Å²) in [7, 11) is 1.65. The lowest BCUT2D eigenvalue weighted by atomic mass is 10.1. The minimum Gasteiger partial charge on any atom is -0.497 e. The fraction of sp³-hybridized carbons (Fsp3) is 0.217. The molecule has 1 aliphatic heterocycles. The number of nitrogens with one attached hydrogen (secondary N) is 1. The molecule has 6 heteroatoms. The number of amides is 1. The van der Waals surface area contributed by atoms with Crippen molar-refractivity contribution in [2.75, 3.05) is 13.7 Å². The highest BCUT2D eigenvalue weighted by atomic mass is 16.5. The Labute approximate surface area is 168 Å². The van der Waals surface area contributed by atoms with Crippen LogP contribution in [0.3, 0.4) is 0 Å². The first-order valence-corrected chi connectivity index (χ1v) is 9.72. The molecule has 1 aliphatic rings. The summed E-state index contributed by atoms with van der Waals surface area (Å²) in [5, 5.41) is 0.935. The summed E-state index contributed by atoms with van der Waals surface area (Å²) in [6, 6.07) is 17.2. The number of aromatic nitrogens is 2. The first-order chi connectivity index (χ1) is 14.2. The molecule has 4 aromatic rings. The summed E-state index contributed by atoms with van der Waals surface area (Å²) >= 11 is 0. The molecule has 0 radical (unpaired) electrons. The van der Waals surface area contributed by atoms with Gasteiger partial charge in [0.15, 0.2) is 5.76 Å². The van der Waals surface area contributed by atoms with Crippen molar-refractivity contribution in [3.05, 3.63) is 72.4 Å². The van der Waals surface area contributed by atoms with Crippen LogP contribution in [0.4, 0.5) is 0 Å². The van der Waals surface area contributed by atoms with E-state index in [0.29, 0.717) is 12.3 Å². The molecule has 0 aliphatic carbocycles. The average Bonchev–Trinajstić information content (AvgIpc) is 3.51. The monoisotopic (exact) mass is 387 g/mol. The number of carbonyl (C=O) groups is 1. The Bertz CT molecular complexity index is 1140. The SMILES string of the molecule is COc1cccc(-c2cnc(C3CCCN3C(=O)c3cc4ccccc4o3)[nH]2)c1. The zero-order valence-corrected chi connectivity index (χ0v) is 16.1. The number of likely N-dealkylation sites (tertiary alicyclic amines) is 1. The number of ether oxygens (including phenoxy) is 1. The number of fused-ring (bicyclic) bond motifs is 1. The number of benzene rings is 2. The Morgan fingerprint density at radius 3 is 2.97 bits per heavy atom. The van der Waals surface area contributed by atoms with E-state index >= 15 is 0 Å². The number of furan rings is 1. The molecular formula is C23H21N3O3. The van der Waals surface area contributed by atoms with Crippen molar-refractivity contribution in [2.45, 2.75) is 18.9 Å². The van der Waals surface area contributed by atoms with E-state index in [2.05, 4.69) is 9.97 Å². The van der Waals surface area contributed by atoms with Crippen molar-refractivity contribution in [1.82, 2.24) is 14.9 Å². The van der Waals surface area contributed by atoms with E-state index in [4.69, 9.17) is 9.15 Å². The highest BCUT2D eigenvalue weighted by Gasteiger charge is 2.34. The Hall–Kier alpha value is -3.54. The van der Waals surface area contributed by atoms with Gasteiger partial charge in [-0.15, -0.1) is 0 Å². The fourth-order valence-corrected chi connectivity index (χ4v) is 3.97. The highest BCUT2D eigenvalue weighted by molar-refractivity contribution is 5.96. The number of para-hydroxylation sites is 1. The van der Waals surface area contributed by atoms with Gasteiger partial charge < -0.3 is 19.0 Å². The molecule has 3 heterocycles. The molecule has 2 aromatic carbocycles. The summed E-state index contributed by atoms with van der Waals surface area (Å²) in [6.45, 7) is 0.690. The van der Waals surface area contributed by atoms with Crippen LogP contribution in [0.1, 0.15) is 35.3 Å². The zero-order valence-electron chi connectivity index (χ0n) is 16.1. The lowest BCUT2D eigenvalue weighted by Gasteiger charge is -2.22. The molecule has 5 rings (SSSR count). The van der Waals surface area contributed by atoms with Crippen LogP contribution < -0.4 is 4.74 Å². The van der Waals surface area contributed by atoms with Gasteiger partial charge >= 0.3 is 0 Å². The third-order valence-corrected chi connectivity index (χ3v) is 5.44. The summed E-state index contributed by atoms with van der Waals surface area (Å²) in [4.78, 5) is 23.0. The van der Waals surface area contributed by atoms with E-state index in [0.717, 1.165) is 46.6 Å². The van der Waals surface area contributed by atoms with E-state index in [1.165, 1.54) is 0 Å². The topological polar surface area (TPSA) is 71.4 Å². The number of nitrogens with zero attached hydrogens (tertiary/aromatic N) is 2. The van der Waals surface area contributed by atoms with Crippen LogP contribution in [-0.2, 0) is 0 Å². The van der Waals surface area contributed by atoms with Crippen molar-refractivity contribution in [1.29, 1.82) is 0 Å². The van der Waals surface area contributed by atoms with Crippen molar-refractivity contribution < 1.29 is 13.9 Å². The Morgan fingerprint density at radius 2 is 2.10 bits per heavy atom. The number of hydrogen-bond acceptors (Lipinski definition) is 4. The van der Waals surface area contributed by atoms with Gasteiger partial charge in [-0.25, -0.2) is 4.98 Å². The number of H-pyrrole nitrogens is 1. The molecule has 1 N–H and O–H groups in total. The van der Waals surface area contributed by atoms with E-state index in [1.807, 2.05) is 65.7 Å². The van der Waals surface area contributed by atoms with E-state index in [-0.39, 0.29) is 11.9 Å². The van der Waals surface area contributed by atoms with Gasteiger partial charge in [-0.3, -0.25) is 4.79 Å². The largest absolute Gasteiger partial charge is 0.497 e. The number of carbonyl (C=O) groups excluding carboxylic acids is 1. The van der Waals surface area contributed by atoms with Crippen LogP contribution in [0.25, 0.3) is 22.2 Å². The van der Waals surface area contributed by atoms with Gasteiger partial charge in [0.25, 0.3) is 5.91 Å². The fourth-order valence-electron chi connectivity index (χ4n) is 3.97. The van der Waals surface area contributed by atoms with E-state index < -0.39 is 0 Å². The number of imidazole rings is 1. The minimum atomic E-state index is -0.0944. The second-order valence-corrected chi connectivity index (χ2v) is 7.22. The van der Waals surface area contributed by atoms with Crippen LogP contribution in [0, 0.1) is 0 Å². The molecule has 1 amide bonds. The summed E-state index contributed by atoms with van der Waals surface area (Å²) in [6.07, 6.45) is 3.62. The zero-order chi connectivity index (χ0) is 19.8. The molecule has 1 fully saturated rings. The first kappa shape index (κ1) is 17.6. The molecule has 2 aromatic heterocycles. The summed E-state index contributed by atoms with van der Waals surface area (Å²) < 4.78 is 11.1. The first-order valence-electron chi connectivity index (χ1n) is 9.72. The predicted molar refractivity (Wildman–Crippen MR) is 110 cm³/mol.